The Morgan fingerprint density at radius 3 is 3.15 bits per heavy atom. The van der Waals surface area contributed by atoms with Crippen molar-refractivity contribution in [2.45, 2.75) is 13.5 Å². The number of nitrogen functional groups attached to an aromatic ring is 1. The summed E-state index contributed by atoms with van der Waals surface area (Å²) in [5.41, 5.74) is 6.50. The topological polar surface area (TPSA) is 76.7 Å². The molecule has 0 saturated carbocycles. The molecule has 0 aliphatic heterocycles. The number of fused-ring (bicyclic) bond motifs is 1. The highest BCUT2D eigenvalue weighted by Gasteiger charge is 2.05. The van der Waals surface area contributed by atoms with Crippen molar-refractivity contribution < 1.29 is 0 Å². The van der Waals surface area contributed by atoms with E-state index in [1.807, 2.05) is 11.5 Å². The molecule has 0 spiro atoms. The number of nitrogens with one attached hydrogen (secondary N) is 1. The fourth-order valence-corrected chi connectivity index (χ4v) is 1.34. The van der Waals surface area contributed by atoms with Crippen LogP contribution in [0.15, 0.2) is 17.2 Å². The van der Waals surface area contributed by atoms with Gasteiger partial charge in [0, 0.05) is 12.6 Å². The van der Waals surface area contributed by atoms with Crippen LogP contribution in [0.3, 0.4) is 0 Å². The molecule has 0 aliphatic carbocycles. The summed E-state index contributed by atoms with van der Waals surface area (Å²) < 4.78 is 1.88. The van der Waals surface area contributed by atoms with Crippen LogP contribution in [0.25, 0.3) is 11.0 Å². The first-order valence-corrected chi connectivity index (χ1v) is 4.06. The lowest BCUT2D eigenvalue weighted by molar-refractivity contribution is 0.787. The SMILES string of the molecule is CCn1cnc2c(=O)[nH]c(N)cc21. The fourth-order valence-electron chi connectivity index (χ4n) is 1.34. The molecule has 2 aromatic rings. The molecule has 2 heterocycles. The van der Waals surface area contributed by atoms with E-state index in [1.54, 1.807) is 12.4 Å². The van der Waals surface area contributed by atoms with Gasteiger partial charge in [-0.05, 0) is 6.92 Å². The van der Waals surface area contributed by atoms with Crippen LogP contribution in [-0.4, -0.2) is 14.5 Å². The largest absolute Gasteiger partial charge is 0.385 e. The van der Waals surface area contributed by atoms with E-state index in [9.17, 15) is 4.79 Å². The Hall–Kier alpha value is -1.78. The van der Waals surface area contributed by atoms with E-state index < -0.39 is 0 Å². The van der Waals surface area contributed by atoms with Gasteiger partial charge in [-0.2, -0.15) is 0 Å². The van der Waals surface area contributed by atoms with Crippen LogP contribution < -0.4 is 11.3 Å². The molecule has 0 amide bonds. The van der Waals surface area contributed by atoms with E-state index in [0.717, 1.165) is 12.1 Å². The highest BCUT2D eigenvalue weighted by Crippen LogP contribution is 2.09. The number of imidazole rings is 1. The number of nitrogens with two attached hydrogens (primary N) is 1. The molecule has 0 aliphatic rings. The zero-order chi connectivity index (χ0) is 9.42. The molecule has 0 radical (unpaired) electrons. The molecule has 0 saturated heterocycles. The van der Waals surface area contributed by atoms with Crippen LogP contribution in [0.5, 0.6) is 0 Å². The minimum atomic E-state index is -0.234. The summed E-state index contributed by atoms with van der Waals surface area (Å²) in [6.45, 7) is 2.76. The van der Waals surface area contributed by atoms with Crippen molar-refractivity contribution in [3.8, 4) is 0 Å². The predicted octanol–water partition coefficient (Wildman–Crippen LogP) is 0.327. The van der Waals surface area contributed by atoms with Crippen LogP contribution in [0.1, 0.15) is 6.92 Å². The number of rotatable bonds is 1. The van der Waals surface area contributed by atoms with Gasteiger partial charge >= 0.3 is 0 Å². The Balaban J connectivity index is 2.90. The standard InChI is InChI=1S/C8H10N4O/c1-2-12-4-10-7-5(12)3-6(9)11-8(7)13/h3-4H,2H2,1H3,(H3,9,11,13). The van der Waals surface area contributed by atoms with Gasteiger partial charge in [0.15, 0.2) is 5.52 Å². The summed E-state index contributed by atoms with van der Waals surface area (Å²) in [4.78, 5) is 17.8. The van der Waals surface area contributed by atoms with Gasteiger partial charge in [-0.3, -0.25) is 4.79 Å². The first kappa shape index (κ1) is 7.85. The molecule has 13 heavy (non-hydrogen) atoms. The van der Waals surface area contributed by atoms with E-state index >= 15 is 0 Å². The fraction of sp³-hybridized carbons (Fsp3) is 0.250. The Labute approximate surface area is 74.2 Å². The summed E-state index contributed by atoms with van der Waals surface area (Å²) >= 11 is 0. The van der Waals surface area contributed by atoms with Gasteiger partial charge in [-0.25, -0.2) is 4.98 Å². The monoisotopic (exact) mass is 178 g/mol. The van der Waals surface area contributed by atoms with Gasteiger partial charge in [-0.1, -0.05) is 0 Å². The number of H-pyrrole nitrogens is 1. The smallest absolute Gasteiger partial charge is 0.277 e. The third-order valence-corrected chi connectivity index (χ3v) is 1.98. The number of hydrogen-bond donors (Lipinski definition) is 2. The molecule has 0 aromatic carbocycles. The van der Waals surface area contributed by atoms with Gasteiger partial charge in [0.2, 0.25) is 0 Å². The first-order valence-electron chi connectivity index (χ1n) is 4.06. The van der Waals surface area contributed by atoms with Crippen molar-refractivity contribution in [3.63, 3.8) is 0 Å². The normalized spacial score (nSPS) is 10.8. The maximum absolute atomic E-state index is 11.3. The van der Waals surface area contributed by atoms with Crippen LogP contribution in [0.4, 0.5) is 5.82 Å². The second kappa shape index (κ2) is 2.62. The molecule has 5 nitrogen and oxygen atoms in total. The lowest BCUT2D eigenvalue weighted by atomic mass is 10.4. The van der Waals surface area contributed by atoms with Gasteiger partial charge in [-0.15, -0.1) is 0 Å². The van der Waals surface area contributed by atoms with E-state index in [0.29, 0.717) is 11.3 Å². The molecular weight excluding hydrogens is 168 g/mol. The van der Waals surface area contributed by atoms with Crippen molar-refractivity contribution >= 4 is 16.9 Å². The maximum Gasteiger partial charge on any atom is 0.277 e. The lowest BCUT2D eigenvalue weighted by Gasteiger charge is -1.98. The van der Waals surface area contributed by atoms with Crippen molar-refractivity contribution in [2.24, 2.45) is 0 Å². The lowest BCUT2D eigenvalue weighted by Crippen LogP contribution is -2.09. The molecule has 3 N–H and O–H groups in total. The van der Waals surface area contributed by atoms with Crippen LogP contribution in [-0.2, 0) is 6.54 Å². The van der Waals surface area contributed by atoms with Crippen molar-refractivity contribution in [1.29, 1.82) is 0 Å². The average molecular weight is 178 g/mol. The highest BCUT2D eigenvalue weighted by molar-refractivity contribution is 5.76. The Kier molecular flexibility index (Phi) is 1.58. The Morgan fingerprint density at radius 2 is 2.46 bits per heavy atom. The van der Waals surface area contributed by atoms with Gasteiger partial charge in [0.1, 0.15) is 5.82 Å². The maximum atomic E-state index is 11.3. The van der Waals surface area contributed by atoms with E-state index in [1.165, 1.54) is 0 Å². The van der Waals surface area contributed by atoms with Crippen molar-refractivity contribution in [1.82, 2.24) is 14.5 Å². The van der Waals surface area contributed by atoms with Crippen LogP contribution in [0.2, 0.25) is 0 Å². The summed E-state index contributed by atoms with van der Waals surface area (Å²) in [6, 6.07) is 1.72. The number of aromatic amines is 1. The molecular formula is C8H10N4O. The summed E-state index contributed by atoms with van der Waals surface area (Å²) in [6.07, 6.45) is 1.64. The number of nitrogens with zero attached hydrogens (tertiary/aromatic N) is 2. The Bertz CT molecular complexity index is 496. The van der Waals surface area contributed by atoms with Gasteiger partial charge < -0.3 is 15.3 Å². The van der Waals surface area contributed by atoms with E-state index in [-0.39, 0.29) is 5.56 Å². The molecule has 0 atom stereocenters. The summed E-state index contributed by atoms with van der Waals surface area (Å²) in [5.74, 6) is 0.368. The van der Waals surface area contributed by atoms with Crippen LogP contribution in [0, 0.1) is 0 Å². The van der Waals surface area contributed by atoms with E-state index in [2.05, 4.69) is 9.97 Å². The minimum absolute atomic E-state index is 0.234. The molecule has 0 fully saturated rings. The second-order valence-electron chi connectivity index (χ2n) is 2.82. The number of pyridine rings is 1. The van der Waals surface area contributed by atoms with Crippen molar-refractivity contribution in [3.05, 3.63) is 22.7 Å². The number of hydrogen-bond acceptors (Lipinski definition) is 3. The average Bonchev–Trinajstić information content (AvgIpc) is 2.47. The third-order valence-electron chi connectivity index (χ3n) is 1.98. The zero-order valence-electron chi connectivity index (χ0n) is 7.24. The number of aromatic nitrogens is 3. The molecule has 0 bridgehead atoms. The highest BCUT2D eigenvalue weighted by atomic mass is 16.1. The molecule has 0 unspecified atom stereocenters. The van der Waals surface area contributed by atoms with Crippen LogP contribution >= 0.6 is 0 Å². The zero-order valence-corrected chi connectivity index (χ0v) is 7.24. The summed E-state index contributed by atoms with van der Waals surface area (Å²) in [7, 11) is 0. The summed E-state index contributed by atoms with van der Waals surface area (Å²) in [5, 5.41) is 0. The second-order valence-corrected chi connectivity index (χ2v) is 2.82. The quantitative estimate of drug-likeness (QED) is 0.660. The number of anilines is 1. The molecule has 2 rings (SSSR count). The Morgan fingerprint density at radius 1 is 1.69 bits per heavy atom. The molecule has 2 aromatic heterocycles. The predicted molar refractivity (Wildman–Crippen MR) is 50.4 cm³/mol. The molecule has 5 heteroatoms. The van der Waals surface area contributed by atoms with Gasteiger partial charge in [0.25, 0.3) is 5.56 Å². The minimum Gasteiger partial charge on any atom is -0.385 e. The first-order chi connectivity index (χ1) is 6.22. The number of aryl methyl sites for hydroxylation is 1. The third kappa shape index (κ3) is 1.09. The van der Waals surface area contributed by atoms with Crippen molar-refractivity contribution in [2.75, 3.05) is 5.73 Å². The molecule has 68 valence electrons. The van der Waals surface area contributed by atoms with E-state index in [4.69, 9.17) is 5.73 Å². The van der Waals surface area contributed by atoms with Gasteiger partial charge in [0.05, 0.1) is 11.8 Å².